The molecule has 0 aliphatic carbocycles. The van der Waals surface area contributed by atoms with Gasteiger partial charge >= 0.3 is 11.9 Å². The topological polar surface area (TPSA) is 77.8 Å². The number of anilines is 1. The highest BCUT2D eigenvalue weighted by Gasteiger charge is 2.28. The number of hydrogen-bond donors (Lipinski definition) is 2. The Morgan fingerprint density at radius 3 is 1.57 bits per heavy atom. The van der Waals surface area contributed by atoms with E-state index in [-0.39, 0.29) is 11.4 Å². The maximum atomic E-state index is 11.7. The van der Waals surface area contributed by atoms with E-state index in [4.69, 9.17) is 0 Å². The van der Waals surface area contributed by atoms with Gasteiger partial charge in [-0.3, -0.25) is 4.90 Å². The first-order valence-corrected chi connectivity index (χ1v) is 6.92. The molecule has 0 aromatic heterocycles. The van der Waals surface area contributed by atoms with Crippen molar-refractivity contribution in [2.24, 2.45) is 0 Å². The molecule has 0 atom stereocenters. The number of para-hydroxylation sites is 1. The second-order valence-electron chi connectivity index (χ2n) is 4.97. The zero-order chi connectivity index (χ0) is 16.4. The summed E-state index contributed by atoms with van der Waals surface area (Å²) in [7, 11) is 0. The summed E-state index contributed by atoms with van der Waals surface area (Å²) in [5.74, 6) is -2.39. The van der Waals surface area contributed by atoms with Crippen molar-refractivity contribution in [3.63, 3.8) is 0 Å². The van der Waals surface area contributed by atoms with Crippen molar-refractivity contribution < 1.29 is 19.8 Å². The maximum Gasteiger partial charge on any atom is 0.352 e. The van der Waals surface area contributed by atoms with Crippen LogP contribution < -0.4 is 4.90 Å². The molecule has 0 spiro atoms. The summed E-state index contributed by atoms with van der Waals surface area (Å²) < 4.78 is 0. The Labute approximate surface area is 132 Å². The monoisotopic (exact) mass is 307 g/mol. The fraction of sp³-hybridized carbons (Fsp3) is 0. The molecule has 2 aromatic carbocycles. The number of carboxylic acids is 2. The highest BCUT2D eigenvalue weighted by molar-refractivity contribution is 6.07. The molecule has 0 saturated carbocycles. The molecule has 3 rings (SSSR count). The van der Waals surface area contributed by atoms with E-state index in [9.17, 15) is 19.8 Å². The second kappa shape index (κ2) is 5.81. The Kier molecular flexibility index (Phi) is 3.68. The molecule has 0 fully saturated rings. The van der Waals surface area contributed by atoms with Crippen LogP contribution in [0.2, 0.25) is 0 Å². The van der Waals surface area contributed by atoms with Crippen LogP contribution in [-0.2, 0) is 9.59 Å². The number of nitrogens with zero attached hydrogens (tertiary/aromatic N) is 1. The van der Waals surface area contributed by atoms with Crippen molar-refractivity contribution in [1.82, 2.24) is 0 Å². The van der Waals surface area contributed by atoms with Crippen LogP contribution in [0.15, 0.2) is 66.0 Å². The number of fused-ring (bicyclic) bond motifs is 1. The van der Waals surface area contributed by atoms with Crippen LogP contribution in [0.5, 0.6) is 0 Å². The lowest BCUT2D eigenvalue weighted by molar-refractivity contribution is -0.132. The molecule has 1 aliphatic heterocycles. The SMILES string of the molecule is O=C(O)C1=Cc2ccccc2C=C(C(=O)O)N1c1ccccc1. The summed E-state index contributed by atoms with van der Waals surface area (Å²) in [6, 6.07) is 15.6. The lowest BCUT2D eigenvalue weighted by atomic mass is 10.1. The summed E-state index contributed by atoms with van der Waals surface area (Å²) in [6.07, 6.45) is 2.97. The van der Waals surface area contributed by atoms with Crippen molar-refractivity contribution >= 4 is 29.8 Å². The van der Waals surface area contributed by atoms with Gasteiger partial charge in [0, 0.05) is 5.69 Å². The van der Waals surface area contributed by atoms with Gasteiger partial charge in [0.1, 0.15) is 11.4 Å². The Hall–Kier alpha value is -3.34. The van der Waals surface area contributed by atoms with Crippen molar-refractivity contribution in [2.75, 3.05) is 4.90 Å². The summed E-state index contributed by atoms with van der Waals surface area (Å²) in [5, 5.41) is 19.2. The van der Waals surface area contributed by atoms with Gasteiger partial charge in [0.2, 0.25) is 0 Å². The molecule has 5 heteroatoms. The molecule has 114 valence electrons. The largest absolute Gasteiger partial charge is 0.477 e. The summed E-state index contributed by atoms with van der Waals surface area (Å²) in [6.45, 7) is 0. The third-order valence-corrected chi connectivity index (χ3v) is 3.51. The lowest BCUT2D eigenvalue weighted by Gasteiger charge is -2.24. The van der Waals surface area contributed by atoms with Crippen LogP contribution in [0.1, 0.15) is 11.1 Å². The number of hydrogen-bond acceptors (Lipinski definition) is 3. The molecule has 0 bridgehead atoms. The molecule has 1 aliphatic rings. The van der Waals surface area contributed by atoms with Crippen molar-refractivity contribution in [3.05, 3.63) is 77.1 Å². The first-order chi connectivity index (χ1) is 11.1. The predicted molar refractivity (Wildman–Crippen MR) is 86.6 cm³/mol. The van der Waals surface area contributed by atoms with Crippen molar-refractivity contribution in [1.29, 1.82) is 0 Å². The Morgan fingerprint density at radius 2 is 1.13 bits per heavy atom. The second-order valence-corrected chi connectivity index (χ2v) is 4.97. The van der Waals surface area contributed by atoms with Gasteiger partial charge in [-0.25, -0.2) is 9.59 Å². The molecule has 2 N–H and O–H groups in total. The Bertz CT molecular complexity index is 786. The molecule has 0 amide bonds. The zero-order valence-electron chi connectivity index (χ0n) is 12.0. The number of carboxylic acid groups (broad SMARTS) is 2. The van der Waals surface area contributed by atoms with E-state index in [1.54, 1.807) is 54.6 Å². The van der Waals surface area contributed by atoms with E-state index in [1.807, 2.05) is 0 Å². The quantitative estimate of drug-likeness (QED) is 0.911. The van der Waals surface area contributed by atoms with E-state index in [0.29, 0.717) is 16.8 Å². The minimum absolute atomic E-state index is 0.116. The Balaban J connectivity index is 2.30. The van der Waals surface area contributed by atoms with Gasteiger partial charge in [-0.15, -0.1) is 0 Å². The average molecular weight is 307 g/mol. The third-order valence-electron chi connectivity index (χ3n) is 3.51. The fourth-order valence-electron chi connectivity index (χ4n) is 2.50. The standard InChI is InChI=1S/C18H13NO4/c20-17(21)15-10-12-6-4-5-7-13(12)11-16(18(22)23)19(15)14-8-2-1-3-9-14/h1-11H,(H,20,21)(H,22,23). The van der Waals surface area contributed by atoms with Crippen LogP contribution >= 0.6 is 0 Å². The molecular formula is C18H13NO4. The molecule has 5 nitrogen and oxygen atoms in total. The summed E-state index contributed by atoms with van der Waals surface area (Å²) >= 11 is 0. The molecule has 23 heavy (non-hydrogen) atoms. The fourth-order valence-corrected chi connectivity index (χ4v) is 2.50. The van der Waals surface area contributed by atoms with Gasteiger partial charge in [-0.2, -0.15) is 0 Å². The predicted octanol–water partition coefficient (Wildman–Crippen LogP) is 3.06. The molecule has 0 radical (unpaired) electrons. The van der Waals surface area contributed by atoms with Gasteiger partial charge in [0.25, 0.3) is 0 Å². The summed E-state index contributed by atoms with van der Waals surface area (Å²) in [4.78, 5) is 24.7. The van der Waals surface area contributed by atoms with Crippen LogP contribution in [0.3, 0.4) is 0 Å². The first kappa shape index (κ1) is 14.6. The Morgan fingerprint density at radius 1 is 0.696 bits per heavy atom. The van der Waals surface area contributed by atoms with Crippen molar-refractivity contribution in [2.45, 2.75) is 0 Å². The van der Waals surface area contributed by atoms with E-state index >= 15 is 0 Å². The van der Waals surface area contributed by atoms with Crippen LogP contribution in [0, 0.1) is 0 Å². The molecule has 0 unspecified atom stereocenters. The van der Waals surface area contributed by atoms with Gasteiger partial charge in [-0.05, 0) is 35.4 Å². The van der Waals surface area contributed by atoms with Crippen molar-refractivity contribution in [3.8, 4) is 0 Å². The highest BCUT2D eigenvalue weighted by Crippen LogP contribution is 2.31. The normalized spacial score (nSPS) is 13.5. The average Bonchev–Trinajstić information content (AvgIpc) is 2.72. The number of aliphatic carboxylic acids is 2. The molecule has 1 heterocycles. The molecular weight excluding hydrogens is 294 g/mol. The van der Waals surface area contributed by atoms with Gasteiger partial charge in [-0.1, -0.05) is 42.5 Å². The minimum atomic E-state index is -1.20. The van der Waals surface area contributed by atoms with Gasteiger partial charge < -0.3 is 10.2 Å². The number of carbonyl (C=O) groups is 2. The van der Waals surface area contributed by atoms with Gasteiger partial charge in [0.05, 0.1) is 0 Å². The van der Waals surface area contributed by atoms with Crippen LogP contribution in [0.4, 0.5) is 5.69 Å². The number of benzene rings is 2. The third kappa shape index (κ3) is 2.72. The number of rotatable bonds is 3. The maximum absolute atomic E-state index is 11.7. The minimum Gasteiger partial charge on any atom is -0.477 e. The van der Waals surface area contributed by atoms with E-state index in [1.165, 1.54) is 17.1 Å². The summed E-state index contributed by atoms with van der Waals surface area (Å²) in [5.41, 5.74) is 1.55. The lowest BCUT2D eigenvalue weighted by Crippen LogP contribution is -2.30. The van der Waals surface area contributed by atoms with E-state index in [0.717, 1.165) is 0 Å². The zero-order valence-corrected chi connectivity index (χ0v) is 12.0. The van der Waals surface area contributed by atoms with Gasteiger partial charge in [0.15, 0.2) is 0 Å². The van der Waals surface area contributed by atoms with Crippen LogP contribution in [0.25, 0.3) is 12.2 Å². The highest BCUT2D eigenvalue weighted by atomic mass is 16.4. The van der Waals surface area contributed by atoms with Crippen LogP contribution in [-0.4, -0.2) is 22.2 Å². The molecule has 2 aromatic rings. The first-order valence-electron chi connectivity index (χ1n) is 6.92. The smallest absolute Gasteiger partial charge is 0.352 e. The van der Waals surface area contributed by atoms with E-state index in [2.05, 4.69) is 0 Å². The van der Waals surface area contributed by atoms with E-state index < -0.39 is 11.9 Å². The molecule has 0 saturated heterocycles.